The highest BCUT2D eigenvalue weighted by Gasteiger charge is 2.05. The Morgan fingerprint density at radius 3 is 2.63 bits per heavy atom. The van der Waals surface area contributed by atoms with Gasteiger partial charge in [-0.1, -0.05) is 23.8 Å². The Bertz CT molecular complexity index is 701. The number of aryl methyl sites for hydroxylation is 2. The highest BCUT2D eigenvalue weighted by Crippen LogP contribution is 2.13. The van der Waals surface area contributed by atoms with E-state index in [0.29, 0.717) is 12.4 Å². The van der Waals surface area contributed by atoms with Crippen LogP contribution >= 0.6 is 0 Å². The van der Waals surface area contributed by atoms with E-state index in [-0.39, 0.29) is 0 Å². The first kappa shape index (κ1) is 11.7. The first-order chi connectivity index (χ1) is 9.22. The van der Waals surface area contributed by atoms with Gasteiger partial charge in [-0.05, 0) is 37.6 Å². The van der Waals surface area contributed by atoms with Crippen LogP contribution in [-0.4, -0.2) is 14.6 Å². The Kier molecular flexibility index (Phi) is 2.91. The van der Waals surface area contributed by atoms with Gasteiger partial charge in [0.1, 0.15) is 12.4 Å². The summed E-state index contributed by atoms with van der Waals surface area (Å²) in [6.07, 6.45) is 1.89. The average molecular weight is 253 g/mol. The van der Waals surface area contributed by atoms with Crippen molar-refractivity contribution in [1.82, 2.24) is 14.6 Å². The molecule has 3 rings (SSSR count). The molecule has 0 unspecified atom stereocenters. The zero-order valence-electron chi connectivity index (χ0n) is 11.0. The second-order valence-electron chi connectivity index (χ2n) is 4.59. The minimum absolute atomic E-state index is 0.379. The lowest BCUT2D eigenvalue weighted by molar-refractivity contribution is 0.296. The molecule has 0 saturated heterocycles. The first-order valence-electron chi connectivity index (χ1n) is 6.23. The summed E-state index contributed by atoms with van der Waals surface area (Å²) in [5.74, 6) is 1.52. The first-order valence-corrected chi connectivity index (χ1v) is 6.23. The van der Waals surface area contributed by atoms with E-state index in [1.165, 1.54) is 5.56 Å². The fraction of sp³-hybridized carbons (Fsp3) is 0.200. The van der Waals surface area contributed by atoms with Gasteiger partial charge in [-0.25, -0.2) is 9.50 Å². The van der Waals surface area contributed by atoms with Crippen LogP contribution in [0.5, 0.6) is 5.75 Å². The number of benzene rings is 1. The summed E-state index contributed by atoms with van der Waals surface area (Å²) in [6, 6.07) is 11.9. The quantitative estimate of drug-likeness (QED) is 0.720. The number of rotatable bonds is 3. The van der Waals surface area contributed by atoms with Crippen molar-refractivity contribution in [1.29, 1.82) is 0 Å². The van der Waals surface area contributed by atoms with Crippen molar-refractivity contribution in [3.05, 3.63) is 59.5 Å². The van der Waals surface area contributed by atoms with Gasteiger partial charge in [-0.3, -0.25) is 0 Å². The largest absolute Gasteiger partial charge is 0.486 e. The van der Waals surface area contributed by atoms with Crippen LogP contribution in [0, 0.1) is 13.8 Å². The second-order valence-corrected chi connectivity index (χ2v) is 4.59. The minimum atomic E-state index is 0.379. The third kappa shape index (κ3) is 2.42. The van der Waals surface area contributed by atoms with Crippen LogP contribution in [0.25, 0.3) is 5.65 Å². The van der Waals surface area contributed by atoms with Gasteiger partial charge in [0.05, 0.1) is 0 Å². The van der Waals surface area contributed by atoms with Crippen molar-refractivity contribution in [2.75, 3.05) is 0 Å². The van der Waals surface area contributed by atoms with E-state index in [1.807, 2.05) is 49.5 Å². The maximum absolute atomic E-state index is 5.68. The van der Waals surface area contributed by atoms with Gasteiger partial charge in [-0.15, -0.1) is 5.10 Å². The van der Waals surface area contributed by atoms with Gasteiger partial charge >= 0.3 is 0 Å². The van der Waals surface area contributed by atoms with Crippen LogP contribution in [0.3, 0.4) is 0 Å². The normalized spacial score (nSPS) is 10.8. The summed E-state index contributed by atoms with van der Waals surface area (Å²) in [5, 5.41) is 4.39. The fourth-order valence-corrected chi connectivity index (χ4v) is 1.93. The van der Waals surface area contributed by atoms with Crippen molar-refractivity contribution in [2.45, 2.75) is 20.5 Å². The molecule has 0 aliphatic carbocycles. The SMILES string of the molecule is Cc1ccc(OCc2nc3c(C)cccn3n2)cc1. The summed E-state index contributed by atoms with van der Waals surface area (Å²) in [4.78, 5) is 4.47. The van der Waals surface area contributed by atoms with Gasteiger partial charge in [-0.2, -0.15) is 0 Å². The van der Waals surface area contributed by atoms with Crippen molar-refractivity contribution in [2.24, 2.45) is 0 Å². The number of hydrogen-bond donors (Lipinski definition) is 0. The topological polar surface area (TPSA) is 39.4 Å². The molecule has 4 heteroatoms. The summed E-state index contributed by atoms with van der Waals surface area (Å²) in [6.45, 7) is 4.45. The smallest absolute Gasteiger partial charge is 0.189 e. The van der Waals surface area contributed by atoms with Crippen molar-refractivity contribution < 1.29 is 4.74 Å². The molecule has 0 N–H and O–H groups in total. The predicted molar refractivity (Wildman–Crippen MR) is 73.2 cm³/mol. The number of fused-ring (bicyclic) bond motifs is 1. The van der Waals surface area contributed by atoms with Crippen LogP contribution in [-0.2, 0) is 6.61 Å². The highest BCUT2D eigenvalue weighted by molar-refractivity contribution is 5.45. The lowest BCUT2D eigenvalue weighted by Crippen LogP contribution is -1.98. The van der Waals surface area contributed by atoms with Crippen molar-refractivity contribution in [3.8, 4) is 5.75 Å². The zero-order valence-corrected chi connectivity index (χ0v) is 11.0. The molecule has 2 aromatic heterocycles. The Hall–Kier alpha value is -2.36. The molecule has 0 bridgehead atoms. The number of aromatic nitrogens is 3. The molecule has 0 aliphatic rings. The average Bonchev–Trinajstić information content (AvgIpc) is 2.83. The van der Waals surface area contributed by atoms with E-state index in [4.69, 9.17) is 4.74 Å². The lowest BCUT2D eigenvalue weighted by Gasteiger charge is -2.03. The molecule has 4 nitrogen and oxygen atoms in total. The molecule has 19 heavy (non-hydrogen) atoms. The molecule has 0 radical (unpaired) electrons. The Morgan fingerprint density at radius 2 is 1.89 bits per heavy atom. The Labute approximate surface area is 111 Å². The number of ether oxygens (including phenoxy) is 1. The standard InChI is InChI=1S/C15H15N3O/c1-11-5-7-13(8-6-11)19-10-14-16-15-12(2)4-3-9-18(15)17-14/h3-9H,10H2,1-2H3. The predicted octanol–water partition coefficient (Wildman–Crippen LogP) is 2.93. The van der Waals surface area contributed by atoms with E-state index in [9.17, 15) is 0 Å². The molecule has 2 heterocycles. The monoisotopic (exact) mass is 253 g/mol. The van der Waals surface area contributed by atoms with Crippen LogP contribution in [0.1, 0.15) is 17.0 Å². The van der Waals surface area contributed by atoms with Gasteiger partial charge in [0.15, 0.2) is 11.5 Å². The van der Waals surface area contributed by atoms with Crippen LogP contribution in [0.2, 0.25) is 0 Å². The third-order valence-corrected chi connectivity index (χ3v) is 2.99. The maximum atomic E-state index is 5.68. The van der Waals surface area contributed by atoms with Gasteiger partial charge in [0.25, 0.3) is 0 Å². The molecule has 0 amide bonds. The van der Waals surface area contributed by atoms with Gasteiger partial charge in [0, 0.05) is 6.20 Å². The molecule has 0 aliphatic heterocycles. The van der Waals surface area contributed by atoms with E-state index in [0.717, 1.165) is 17.0 Å². The summed E-state index contributed by atoms with van der Waals surface area (Å²) in [5.41, 5.74) is 3.20. The molecule has 0 saturated carbocycles. The van der Waals surface area contributed by atoms with Crippen LogP contribution in [0.4, 0.5) is 0 Å². The molecular weight excluding hydrogens is 238 g/mol. The third-order valence-electron chi connectivity index (χ3n) is 2.99. The van der Waals surface area contributed by atoms with E-state index in [1.54, 1.807) is 4.52 Å². The molecule has 0 atom stereocenters. The van der Waals surface area contributed by atoms with Gasteiger partial charge in [0.2, 0.25) is 0 Å². The van der Waals surface area contributed by atoms with E-state index in [2.05, 4.69) is 17.0 Å². The molecule has 3 aromatic rings. The molecule has 1 aromatic carbocycles. The molecule has 0 spiro atoms. The van der Waals surface area contributed by atoms with Crippen molar-refractivity contribution in [3.63, 3.8) is 0 Å². The highest BCUT2D eigenvalue weighted by atomic mass is 16.5. The van der Waals surface area contributed by atoms with Crippen LogP contribution in [0.15, 0.2) is 42.6 Å². The zero-order chi connectivity index (χ0) is 13.2. The maximum Gasteiger partial charge on any atom is 0.189 e. The number of pyridine rings is 1. The fourth-order valence-electron chi connectivity index (χ4n) is 1.93. The number of nitrogens with zero attached hydrogens (tertiary/aromatic N) is 3. The lowest BCUT2D eigenvalue weighted by atomic mass is 10.2. The minimum Gasteiger partial charge on any atom is -0.486 e. The molecular formula is C15H15N3O. The molecule has 96 valence electrons. The van der Waals surface area contributed by atoms with Crippen molar-refractivity contribution >= 4 is 5.65 Å². The van der Waals surface area contributed by atoms with Crippen LogP contribution < -0.4 is 4.74 Å². The molecule has 0 fully saturated rings. The number of hydrogen-bond acceptors (Lipinski definition) is 3. The van der Waals surface area contributed by atoms with E-state index >= 15 is 0 Å². The Balaban J connectivity index is 1.78. The van der Waals surface area contributed by atoms with Gasteiger partial charge < -0.3 is 4.74 Å². The second kappa shape index (κ2) is 4.72. The summed E-state index contributed by atoms with van der Waals surface area (Å²) < 4.78 is 7.46. The summed E-state index contributed by atoms with van der Waals surface area (Å²) >= 11 is 0. The van der Waals surface area contributed by atoms with E-state index < -0.39 is 0 Å². The Morgan fingerprint density at radius 1 is 1.11 bits per heavy atom. The summed E-state index contributed by atoms with van der Waals surface area (Å²) in [7, 11) is 0.